The molecule has 0 amide bonds. The summed E-state index contributed by atoms with van der Waals surface area (Å²) in [7, 11) is 0. The molecule has 0 atom stereocenters. The van der Waals surface area contributed by atoms with E-state index in [1.165, 1.54) is 0 Å². The van der Waals surface area contributed by atoms with Crippen LogP contribution in [0.15, 0.2) is 0 Å². The summed E-state index contributed by atoms with van der Waals surface area (Å²) in [6, 6.07) is 0. The number of nitrogens with zero attached hydrogens (tertiary/aromatic N) is 1. The predicted octanol–water partition coefficient (Wildman–Crippen LogP) is 2.33. The Morgan fingerprint density at radius 2 is 1.79 bits per heavy atom. The number of likely N-dealkylation sites (tertiary alicyclic amines) is 1. The number of hydrogen-bond donors (Lipinski definition) is 0. The SMILES string of the molecule is CC(=O)C1CCN(CC(C)(C)C)CC1. The number of Topliss-reactive ketones (excluding diaryl/α,β-unsaturated/α-hetero) is 1. The van der Waals surface area contributed by atoms with Crippen LogP contribution in [-0.2, 0) is 4.79 Å². The van der Waals surface area contributed by atoms with Crippen LogP contribution in [0.2, 0.25) is 0 Å². The third-order valence-corrected chi connectivity index (χ3v) is 2.86. The molecule has 1 aliphatic rings. The van der Waals surface area contributed by atoms with Crippen LogP contribution in [-0.4, -0.2) is 30.3 Å². The van der Waals surface area contributed by atoms with Gasteiger partial charge in [0.2, 0.25) is 0 Å². The van der Waals surface area contributed by atoms with E-state index in [2.05, 4.69) is 25.7 Å². The average molecular weight is 197 g/mol. The highest BCUT2D eigenvalue weighted by Crippen LogP contribution is 2.22. The molecule has 1 saturated heterocycles. The van der Waals surface area contributed by atoms with E-state index in [1.807, 2.05) is 0 Å². The van der Waals surface area contributed by atoms with Gasteiger partial charge >= 0.3 is 0 Å². The van der Waals surface area contributed by atoms with Crippen LogP contribution < -0.4 is 0 Å². The third kappa shape index (κ3) is 3.79. The molecular weight excluding hydrogens is 174 g/mol. The molecule has 0 unspecified atom stereocenters. The fourth-order valence-corrected chi connectivity index (χ4v) is 2.17. The molecule has 0 aliphatic carbocycles. The van der Waals surface area contributed by atoms with Crippen molar-refractivity contribution >= 4 is 5.78 Å². The van der Waals surface area contributed by atoms with Crippen LogP contribution >= 0.6 is 0 Å². The molecule has 0 spiro atoms. The van der Waals surface area contributed by atoms with Crippen molar-refractivity contribution in [1.29, 1.82) is 0 Å². The highest BCUT2D eigenvalue weighted by molar-refractivity contribution is 5.78. The summed E-state index contributed by atoms with van der Waals surface area (Å²) < 4.78 is 0. The number of piperidine rings is 1. The minimum atomic E-state index is 0.339. The molecule has 0 N–H and O–H groups in total. The second kappa shape index (κ2) is 4.43. The summed E-state index contributed by atoms with van der Waals surface area (Å²) in [5.41, 5.74) is 0.378. The molecule has 0 saturated carbocycles. The maximum absolute atomic E-state index is 11.2. The standard InChI is InChI=1S/C12H23NO/c1-10(14)11-5-7-13(8-6-11)9-12(2,3)4/h11H,5-9H2,1-4H3. The van der Waals surface area contributed by atoms with Crippen molar-refractivity contribution in [3.8, 4) is 0 Å². The minimum Gasteiger partial charge on any atom is -0.303 e. The summed E-state index contributed by atoms with van der Waals surface area (Å²) >= 11 is 0. The van der Waals surface area contributed by atoms with Crippen molar-refractivity contribution in [2.24, 2.45) is 11.3 Å². The summed E-state index contributed by atoms with van der Waals surface area (Å²) in [4.78, 5) is 13.7. The summed E-state index contributed by atoms with van der Waals surface area (Å²) in [6.45, 7) is 11.9. The number of rotatable bonds is 2. The van der Waals surface area contributed by atoms with E-state index < -0.39 is 0 Å². The molecule has 14 heavy (non-hydrogen) atoms. The number of carbonyl (C=O) groups excluding carboxylic acids is 1. The van der Waals surface area contributed by atoms with E-state index >= 15 is 0 Å². The molecule has 1 aliphatic heterocycles. The minimum absolute atomic E-state index is 0.339. The smallest absolute Gasteiger partial charge is 0.133 e. The zero-order valence-electron chi connectivity index (χ0n) is 9.97. The van der Waals surface area contributed by atoms with Crippen molar-refractivity contribution in [2.45, 2.75) is 40.5 Å². The van der Waals surface area contributed by atoms with Gasteiger partial charge < -0.3 is 4.90 Å². The van der Waals surface area contributed by atoms with Gasteiger partial charge in [-0.1, -0.05) is 20.8 Å². The molecule has 0 aromatic carbocycles. The monoisotopic (exact) mass is 197 g/mol. The first-order chi connectivity index (χ1) is 6.38. The van der Waals surface area contributed by atoms with Crippen molar-refractivity contribution in [3.63, 3.8) is 0 Å². The van der Waals surface area contributed by atoms with Crippen LogP contribution in [0.25, 0.3) is 0 Å². The Hall–Kier alpha value is -0.370. The number of hydrogen-bond acceptors (Lipinski definition) is 2. The Kier molecular flexibility index (Phi) is 3.71. The van der Waals surface area contributed by atoms with Crippen LogP contribution in [0.3, 0.4) is 0 Å². The summed E-state index contributed by atoms with van der Waals surface area (Å²) in [5, 5.41) is 0. The highest BCUT2D eigenvalue weighted by atomic mass is 16.1. The fraction of sp³-hybridized carbons (Fsp3) is 0.917. The molecule has 2 nitrogen and oxygen atoms in total. The maximum Gasteiger partial charge on any atom is 0.133 e. The lowest BCUT2D eigenvalue weighted by atomic mass is 9.90. The largest absolute Gasteiger partial charge is 0.303 e. The Bertz CT molecular complexity index is 197. The van der Waals surface area contributed by atoms with E-state index in [9.17, 15) is 4.79 Å². The quantitative estimate of drug-likeness (QED) is 0.677. The lowest BCUT2D eigenvalue weighted by Gasteiger charge is -2.35. The van der Waals surface area contributed by atoms with E-state index in [1.54, 1.807) is 6.92 Å². The molecule has 1 heterocycles. The number of carbonyl (C=O) groups is 1. The van der Waals surface area contributed by atoms with Gasteiger partial charge in [0, 0.05) is 12.5 Å². The summed E-state index contributed by atoms with van der Waals surface area (Å²) in [5.74, 6) is 0.714. The van der Waals surface area contributed by atoms with Gasteiger partial charge in [0.1, 0.15) is 5.78 Å². The lowest BCUT2D eigenvalue weighted by Crippen LogP contribution is -2.40. The van der Waals surface area contributed by atoms with Crippen LogP contribution in [0.1, 0.15) is 40.5 Å². The topological polar surface area (TPSA) is 20.3 Å². The Morgan fingerprint density at radius 1 is 1.29 bits per heavy atom. The van der Waals surface area contributed by atoms with Crippen molar-refractivity contribution < 1.29 is 4.79 Å². The van der Waals surface area contributed by atoms with E-state index in [0.29, 0.717) is 17.1 Å². The fourth-order valence-electron chi connectivity index (χ4n) is 2.17. The van der Waals surface area contributed by atoms with Crippen LogP contribution in [0, 0.1) is 11.3 Å². The molecule has 0 aromatic rings. The molecule has 0 bridgehead atoms. The molecule has 1 fully saturated rings. The zero-order chi connectivity index (χ0) is 10.8. The van der Waals surface area contributed by atoms with Gasteiger partial charge in [-0.15, -0.1) is 0 Å². The Morgan fingerprint density at radius 3 is 2.14 bits per heavy atom. The first-order valence-corrected chi connectivity index (χ1v) is 5.61. The van der Waals surface area contributed by atoms with E-state index in [-0.39, 0.29) is 0 Å². The van der Waals surface area contributed by atoms with Gasteiger partial charge in [0.05, 0.1) is 0 Å². The maximum atomic E-state index is 11.2. The first-order valence-electron chi connectivity index (χ1n) is 5.61. The highest BCUT2D eigenvalue weighted by Gasteiger charge is 2.24. The molecule has 82 valence electrons. The average Bonchev–Trinajstić information content (AvgIpc) is 2.02. The van der Waals surface area contributed by atoms with E-state index in [4.69, 9.17) is 0 Å². The van der Waals surface area contributed by atoms with Crippen molar-refractivity contribution in [3.05, 3.63) is 0 Å². The van der Waals surface area contributed by atoms with Gasteiger partial charge in [0.25, 0.3) is 0 Å². The van der Waals surface area contributed by atoms with Gasteiger partial charge in [-0.2, -0.15) is 0 Å². The molecular formula is C12H23NO. The molecule has 0 radical (unpaired) electrons. The lowest BCUT2D eigenvalue weighted by molar-refractivity contribution is -0.122. The number of ketones is 1. The zero-order valence-corrected chi connectivity index (χ0v) is 9.97. The van der Waals surface area contributed by atoms with Gasteiger partial charge in [-0.05, 0) is 38.3 Å². The van der Waals surface area contributed by atoms with Gasteiger partial charge in [0.15, 0.2) is 0 Å². The third-order valence-electron chi connectivity index (χ3n) is 2.86. The van der Waals surface area contributed by atoms with Crippen LogP contribution in [0.4, 0.5) is 0 Å². The second-order valence-corrected chi connectivity index (χ2v) is 5.72. The predicted molar refractivity (Wildman–Crippen MR) is 59.3 cm³/mol. The van der Waals surface area contributed by atoms with Crippen molar-refractivity contribution in [1.82, 2.24) is 4.90 Å². The van der Waals surface area contributed by atoms with Gasteiger partial charge in [-0.3, -0.25) is 4.79 Å². The molecule has 2 heteroatoms. The van der Waals surface area contributed by atoms with Crippen LogP contribution in [0.5, 0.6) is 0 Å². The normalized spacial score (nSPS) is 21.1. The van der Waals surface area contributed by atoms with E-state index in [0.717, 1.165) is 32.5 Å². The molecule has 0 aromatic heterocycles. The van der Waals surface area contributed by atoms with Crippen molar-refractivity contribution in [2.75, 3.05) is 19.6 Å². The molecule has 1 rings (SSSR count). The first kappa shape index (κ1) is 11.7. The van der Waals surface area contributed by atoms with Gasteiger partial charge in [-0.25, -0.2) is 0 Å². The second-order valence-electron chi connectivity index (χ2n) is 5.72. The summed E-state index contributed by atoms with van der Waals surface area (Å²) in [6.07, 6.45) is 2.12. The Balaban J connectivity index is 2.33. The Labute approximate surface area is 87.7 Å².